The molecule has 0 amide bonds. The number of fused-ring (bicyclic) bond motifs is 1. The highest BCUT2D eigenvalue weighted by Gasteiger charge is 2.07. The normalized spacial score (nSPS) is 10.7. The standard InChI is InChI=1S/C17H17N3O/c1-2-18-17-14(7-5-11-19-17)12-20-15-8-4-3-6-13(15)9-10-16(20)21/h3-11H,2,12H2,1H3,(H,18,19). The van der Waals surface area contributed by atoms with E-state index in [1.165, 1.54) is 0 Å². The summed E-state index contributed by atoms with van der Waals surface area (Å²) >= 11 is 0. The maximum absolute atomic E-state index is 12.2. The van der Waals surface area contributed by atoms with Crippen molar-refractivity contribution >= 4 is 16.7 Å². The van der Waals surface area contributed by atoms with Crippen LogP contribution in [0.2, 0.25) is 0 Å². The average Bonchev–Trinajstić information content (AvgIpc) is 2.52. The summed E-state index contributed by atoms with van der Waals surface area (Å²) in [7, 11) is 0. The zero-order valence-electron chi connectivity index (χ0n) is 11.9. The minimum Gasteiger partial charge on any atom is -0.370 e. The largest absolute Gasteiger partial charge is 0.370 e. The Kier molecular flexibility index (Phi) is 3.69. The maximum atomic E-state index is 12.2. The Bertz CT molecular complexity index is 823. The number of anilines is 1. The fourth-order valence-corrected chi connectivity index (χ4v) is 2.47. The maximum Gasteiger partial charge on any atom is 0.251 e. The number of rotatable bonds is 4. The van der Waals surface area contributed by atoms with Crippen LogP contribution in [0.5, 0.6) is 0 Å². The number of benzene rings is 1. The van der Waals surface area contributed by atoms with Gasteiger partial charge in [0.25, 0.3) is 5.56 Å². The third kappa shape index (κ3) is 2.65. The minimum atomic E-state index is 0.00000142. The molecule has 0 saturated carbocycles. The lowest BCUT2D eigenvalue weighted by Crippen LogP contribution is -2.20. The molecule has 4 nitrogen and oxygen atoms in total. The lowest BCUT2D eigenvalue weighted by atomic mass is 10.2. The molecule has 106 valence electrons. The summed E-state index contributed by atoms with van der Waals surface area (Å²) in [6.45, 7) is 3.34. The van der Waals surface area contributed by atoms with Gasteiger partial charge in [-0.1, -0.05) is 24.3 Å². The molecule has 0 fully saturated rings. The van der Waals surface area contributed by atoms with Crippen molar-refractivity contribution in [2.75, 3.05) is 11.9 Å². The summed E-state index contributed by atoms with van der Waals surface area (Å²) in [5.41, 5.74) is 1.95. The zero-order chi connectivity index (χ0) is 14.7. The summed E-state index contributed by atoms with van der Waals surface area (Å²) in [6.07, 6.45) is 1.76. The Labute approximate surface area is 123 Å². The van der Waals surface area contributed by atoms with Gasteiger partial charge in [0.15, 0.2) is 0 Å². The fourth-order valence-electron chi connectivity index (χ4n) is 2.47. The van der Waals surface area contributed by atoms with E-state index in [9.17, 15) is 4.79 Å². The Morgan fingerprint density at radius 2 is 1.95 bits per heavy atom. The first-order valence-electron chi connectivity index (χ1n) is 7.06. The first-order chi connectivity index (χ1) is 10.3. The van der Waals surface area contributed by atoms with Crippen molar-refractivity contribution in [1.82, 2.24) is 9.55 Å². The molecule has 0 spiro atoms. The highest BCUT2D eigenvalue weighted by molar-refractivity contribution is 5.78. The van der Waals surface area contributed by atoms with E-state index >= 15 is 0 Å². The lowest BCUT2D eigenvalue weighted by Gasteiger charge is -2.13. The van der Waals surface area contributed by atoms with E-state index in [0.29, 0.717) is 6.54 Å². The molecule has 1 aromatic carbocycles. The first kappa shape index (κ1) is 13.4. The molecule has 0 aliphatic rings. The van der Waals surface area contributed by atoms with Gasteiger partial charge in [0.1, 0.15) is 5.82 Å². The highest BCUT2D eigenvalue weighted by atomic mass is 16.1. The van der Waals surface area contributed by atoms with Crippen LogP contribution >= 0.6 is 0 Å². The number of aromatic nitrogens is 2. The van der Waals surface area contributed by atoms with E-state index in [4.69, 9.17) is 0 Å². The SMILES string of the molecule is CCNc1ncccc1Cn1c(=O)ccc2ccccc21. The van der Waals surface area contributed by atoms with Crippen LogP contribution in [0.4, 0.5) is 5.82 Å². The van der Waals surface area contributed by atoms with Gasteiger partial charge >= 0.3 is 0 Å². The molecular weight excluding hydrogens is 262 g/mol. The van der Waals surface area contributed by atoms with E-state index in [0.717, 1.165) is 28.8 Å². The topological polar surface area (TPSA) is 46.9 Å². The first-order valence-corrected chi connectivity index (χ1v) is 7.06. The monoisotopic (exact) mass is 279 g/mol. The van der Waals surface area contributed by atoms with Crippen molar-refractivity contribution in [1.29, 1.82) is 0 Å². The second kappa shape index (κ2) is 5.79. The molecule has 0 unspecified atom stereocenters. The van der Waals surface area contributed by atoms with E-state index in [1.807, 2.05) is 49.4 Å². The predicted octanol–water partition coefficient (Wildman–Crippen LogP) is 2.88. The summed E-state index contributed by atoms with van der Waals surface area (Å²) in [5.74, 6) is 0.833. The van der Waals surface area contributed by atoms with Gasteiger partial charge < -0.3 is 9.88 Å². The molecule has 1 N–H and O–H groups in total. The molecule has 2 heterocycles. The summed E-state index contributed by atoms with van der Waals surface area (Å²) in [4.78, 5) is 16.6. The number of nitrogens with zero attached hydrogens (tertiary/aromatic N) is 2. The molecule has 0 radical (unpaired) electrons. The van der Waals surface area contributed by atoms with Crippen LogP contribution in [-0.4, -0.2) is 16.1 Å². The van der Waals surface area contributed by atoms with Crippen molar-refractivity contribution in [2.45, 2.75) is 13.5 Å². The van der Waals surface area contributed by atoms with E-state index in [1.54, 1.807) is 16.8 Å². The predicted molar refractivity (Wildman–Crippen MR) is 85.7 cm³/mol. The summed E-state index contributed by atoms with van der Waals surface area (Å²) in [6, 6.07) is 15.3. The van der Waals surface area contributed by atoms with Crippen LogP contribution in [0, 0.1) is 0 Å². The Balaban J connectivity index is 2.10. The number of para-hydroxylation sites is 1. The number of hydrogen-bond acceptors (Lipinski definition) is 3. The van der Waals surface area contributed by atoms with Gasteiger partial charge in [0, 0.05) is 24.4 Å². The van der Waals surface area contributed by atoms with Gasteiger partial charge in [-0.3, -0.25) is 4.79 Å². The zero-order valence-corrected chi connectivity index (χ0v) is 11.9. The fraction of sp³-hybridized carbons (Fsp3) is 0.176. The molecule has 21 heavy (non-hydrogen) atoms. The van der Waals surface area contributed by atoms with Crippen LogP contribution < -0.4 is 10.9 Å². The minimum absolute atomic E-state index is 0.00000142. The van der Waals surface area contributed by atoms with Crippen molar-refractivity contribution < 1.29 is 0 Å². The molecule has 0 aliphatic carbocycles. The quantitative estimate of drug-likeness (QED) is 0.799. The third-order valence-corrected chi connectivity index (χ3v) is 3.46. The van der Waals surface area contributed by atoms with Crippen molar-refractivity contribution in [3.63, 3.8) is 0 Å². The second-order valence-corrected chi connectivity index (χ2v) is 4.86. The molecular formula is C17H17N3O. The van der Waals surface area contributed by atoms with Crippen LogP contribution in [0.3, 0.4) is 0 Å². The van der Waals surface area contributed by atoms with Gasteiger partial charge in [-0.15, -0.1) is 0 Å². The van der Waals surface area contributed by atoms with E-state index < -0.39 is 0 Å². The van der Waals surface area contributed by atoms with Gasteiger partial charge in [-0.05, 0) is 30.5 Å². The van der Waals surface area contributed by atoms with Gasteiger partial charge in [0.2, 0.25) is 0 Å². The molecule has 3 aromatic rings. The Morgan fingerprint density at radius 3 is 2.81 bits per heavy atom. The van der Waals surface area contributed by atoms with Crippen LogP contribution in [0.1, 0.15) is 12.5 Å². The lowest BCUT2D eigenvalue weighted by molar-refractivity contribution is 0.791. The van der Waals surface area contributed by atoms with Crippen LogP contribution in [-0.2, 0) is 6.54 Å². The van der Waals surface area contributed by atoms with Crippen molar-refractivity contribution in [3.8, 4) is 0 Å². The number of hydrogen-bond donors (Lipinski definition) is 1. The molecule has 3 rings (SSSR count). The summed E-state index contributed by atoms with van der Waals surface area (Å²) in [5, 5.41) is 4.30. The molecule has 0 atom stereocenters. The smallest absolute Gasteiger partial charge is 0.251 e. The molecule has 4 heteroatoms. The second-order valence-electron chi connectivity index (χ2n) is 4.86. The molecule has 2 aromatic heterocycles. The highest BCUT2D eigenvalue weighted by Crippen LogP contribution is 2.16. The van der Waals surface area contributed by atoms with Gasteiger partial charge in [-0.2, -0.15) is 0 Å². The molecule has 0 saturated heterocycles. The van der Waals surface area contributed by atoms with E-state index in [2.05, 4.69) is 10.3 Å². The Morgan fingerprint density at radius 1 is 1.10 bits per heavy atom. The number of nitrogens with one attached hydrogen (secondary N) is 1. The number of pyridine rings is 2. The Hall–Kier alpha value is -2.62. The van der Waals surface area contributed by atoms with E-state index in [-0.39, 0.29) is 5.56 Å². The molecule has 0 bridgehead atoms. The molecule has 0 aliphatic heterocycles. The third-order valence-electron chi connectivity index (χ3n) is 3.46. The van der Waals surface area contributed by atoms with Gasteiger partial charge in [0.05, 0.1) is 12.1 Å². The average molecular weight is 279 g/mol. The van der Waals surface area contributed by atoms with Gasteiger partial charge in [-0.25, -0.2) is 4.98 Å². The van der Waals surface area contributed by atoms with Crippen molar-refractivity contribution in [2.24, 2.45) is 0 Å². The summed E-state index contributed by atoms with van der Waals surface area (Å²) < 4.78 is 1.78. The van der Waals surface area contributed by atoms with Crippen LogP contribution in [0.25, 0.3) is 10.9 Å². The van der Waals surface area contributed by atoms with Crippen LogP contribution in [0.15, 0.2) is 59.5 Å². The van der Waals surface area contributed by atoms with Crippen molar-refractivity contribution in [3.05, 3.63) is 70.6 Å².